The van der Waals surface area contributed by atoms with E-state index in [-0.39, 0.29) is 0 Å². The molecule has 11 nitrogen and oxygen atoms in total. The summed E-state index contributed by atoms with van der Waals surface area (Å²) < 4.78 is 21.8. The summed E-state index contributed by atoms with van der Waals surface area (Å²) in [6, 6.07) is 0. The van der Waals surface area contributed by atoms with Crippen LogP contribution in [0, 0.1) is 0 Å². The zero-order chi connectivity index (χ0) is 16.9. The second-order valence-corrected chi connectivity index (χ2v) is 10.6. The molecule has 0 heterocycles. The van der Waals surface area contributed by atoms with E-state index in [1.165, 1.54) is 7.11 Å². The molecule has 0 aromatic heterocycles. The quantitative estimate of drug-likeness (QED) is 0.189. The zero-order valence-corrected chi connectivity index (χ0v) is 15.0. The predicted octanol–water partition coefficient (Wildman–Crippen LogP) is -0.776. The van der Waals surface area contributed by atoms with E-state index in [9.17, 15) is 4.57 Å². The molecule has 1 unspecified atom stereocenters. The van der Waals surface area contributed by atoms with Crippen LogP contribution in [-0.4, -0.2) is 46.3 Å². The summed E-state index contributed by atoms with van der Waals surface area (Å²) in [4.78, 5) is 60.3. The maximum atomic E-state index is 9.29. The van der Waals surface area contributed by atoms with Crippen LogP contribution in [0.15, 0.2) is 0 Å². The monoisotopic (exact) mass is 420 g/mol. The van der Waals surface area contributed by atoms with Crippen LogP contribution in [-0.2, 0) is 37.3 Å². The number of rotatable bonds is 1. The maximum absolute atomic E-state index is 9.29. The molecule has 0 rings (SSSR count). The van der Waals surface area contributed by atoms with Crippen LogP contribution >= 0.6 is 41.2 Å². The van der Waals surface area contributed by atoms with Gasteiger partial charge in [0, 0.05) is 9.13 Å². The van der Waals surface area contributed by atoms with Crippen LogP contribution in [0.5, 0.6) is 0 Å². The summed E-state index contributed by atoms with van der Waals surface area (Å²) in [5.41, 5.74) is -3.11. The standard InChI is InChI=1S/CH3O3P.H3O3PS.HO3P.H3O2PS2/c1-4-5(2)3;1-4(2,3)5;1-4(2)3;1-3(2,4)5/h1H3;(H3,1,2,3,5);(H-,1,2,3);(H3,1,2,4,5)/p+2. The molecule has 0 aliphatic rings. The zero-order valence-electron chi connectivity index (χ0n) is 8.86. The molecule has 0 fully saturated rings. The molecule has 0 saturated heterocycles. The Morgan fingerprint density at radius 3 is 1.05 bits per heavy atom. The highest BCUT2D eigenvalue weighted by Crippen LogP contribution is 2.39. The van der Waals surface area contributed by atoms with Crippen molar-refractivity contribution in [2.45, 2.75) is 0 Å². The second-order valence-electron chi connectivity index (χ2n) is 1.70. The number of hydrogen-bond acceptors (Lipinski definition) is 5. The Balaban J connectivity index is -0.0000000793. The molecule has 0 aromatic carbocycles. The summed E-state index contributed by atoms with van der Waals surface area (Å²) in [7, 11) is -4.05. The van der Waals surface area contributed by atoms with Crippen molar-refractivity contribution < 1.29 is 52.8 Å². The van der Waals surface area contributed by atoms with Gasteiger partial charge in [0.15, 0.2) is 0 Å². The highest BCUT2D eigenvalue weighted by molar-refractivity contribution is 8.59. The third-order valence-electron chi connectivity index (χ3n) is 0.156. The van der Waals surface area contributed by atoms with Gasteiger partial charge >= 0.3 is 23.2 Å². The third kappa shape index (κ3) is 489. The molecule has 118 valence electrons. The van der Waals surface area contributed by atoms with E-state index in [0.29, 0.717) is 0 Å². The average molecular weight is 420 g/mol. The minimum Gasteiger partial charge on any atom is -0.338 e. The van der Waals surface area contributed by atoms with Gasteiger partial charge in [-0.2, -0.15) is 0 Å². The van der Waals surface area contributed by atoms with E-state index < -0.39 is 28.9 Å². The fraction of sp³-hybridized carbons (Fsp3) is 1.00. The summed E-state index contributed by atoms with van der Waals surface area (Å²) in [6.45, 7) is -3.81. The lowest BCUT2D eigenvalue weighted by Crippen LogP contribution is -1.65. The number of thiol groups is 1. The molecule has 0 aliphatic carbocycles. The molecular formula is CH12O11P4S3+2. The van der Waals surface area contributed by atoms with E-state index in [4.69, 9.17) is 43.7 Å². The third-order valence-corrected chi connectivity index (χ3v) is 0.469. The Kier molecular flexibility index (Phi) is 23.9. The molecule has 18 heteroatoms. The lowest BCUT2D eigenvalue weighted by Gasteiger charge is -1.88. The van der Waals surface area contributed by atoms with E-state index >= 15 is 0 Å². The van der Waals surface area contributed by atoms with Crippen LogP contribution in [0.25, 0.3) is 0 Å². The maximum Gasteiger partial charge on any atom is 0.694 e. The highest BCUT2D eigenvalue weighted by atomic mass is 32.9. The second kappa shape index (κ2) is 15.9. The fourth-order valence-corrected chi connectivity index (χ4v) is 0. The lowest BCUT2D eigenvalue weighted by molar-refractivity contribution is 0.343. The minimum atomic E-state index is -3.81. The predicted molar refractivity (Wildman–Crippen MR) is 77.5 cm³/mol. The molecule has 0 aromatic rings. The molecule has 1 atom stereocenters. The van der Waals surface area contributed by atoms with Gasteiger partial charge in [0.25, 0.3) is 0 Å². The van der Waals surface area contributed by atoms with Crippen molar-refractivity contribution in [2.75, 3.05) is 7.11 Å². The summed E-state index contributed by atoms with van der Waals surface area (Å²) >= 11 is 10.7. The minimum absolute atomic E-state index is 1.17. The smallest absolute Gasteiger partial charge is 0.338 e. The van der Waals surface area contributed by atoms with Crippen molar-refractivity contribution in [2.24, 2.45) is 0 Å². The van der Waals surface area contributed by atoms with Gasteiger partial charge in [0.1, 0.15) is 0 Å². The van der Waals surface area contributed by atoms with E-state index in [1.54, 1.807) is 0 Å². The van der Waals surface area contributed by atoms with Crippen molar-refractivity contribution in [3.8, 4) is 0 Å². The fourth-order valence-electron chi connectivity index (χ4n) is 0. The van der Waals surface area contributed by atoms with Crippen LogP contribution in [0.2, 0.25) is 0 Å². The number of hydrogen-bond donors (Lipinski definition) is 9. The largest absolute Gasteiger partial charge is 0.694 e. The van der Waals surface area contributed by atoms with E-state index in [1.807, 2.05) is 0 Å². The van der Waals surface area contributed by atoms with Gasteiger partial charge in [-0.05, 0) is 23.6 Å². The van der Waals surface area contributed by atoms with Crippen molar-refractivity contribution in [3.63, 3.8) is 0 Å². The molecule has 0 bridgehead atoms. The first-order chi connectivity index (χ1) is 8.00. The van der Waals surface area contributed by atoms with Crippen molar-refractivity contribution in [3.05, 3.63) is 0 Å². The average Bonchev–Trinajstić information content (AvgIpc) is 1.95. The van der Waals surface area contributed by atoms with Crippen LogP contribution in [0.3, 0.4) is 0 Å². The van der Waals surface area contributed by atoms with E-state index in [2.05, 4.69) is 40.4 Å². The molecular weight excluding hydrogens is 408 g/mol. The summed E-state index contributed by atoms with van der Waals surface area (Å²) in [6.07, 6.45) is 0. The topological polar surface area (TPSA) is 205 Å². The Hall–Kier alpha value is 1.49. The Labute approximate surface area is 125 Å². The Morgan fingerprint density at radius 2 is 1.05 bits per heavy atom. The van der Waals surface area contributed by atoms with Gasteiger partial charge in [-0.3, -0.25) is 0 Å². The van der Waals surface area contributed by atoms with Crippen LogP contribution < -0.4 is 0 Å². The summed E-state index contributed by atoms with van der Waals surface area (Å²) in [5, 5.41) is 0. The molecule has 0 aliphatic heterocycles. The van der Waals surface area contributed by atoms with Crippen molar-refractivity contribution in [1.29, 1.82) is 0 Å². The lowest BCUT2D eigenvalue weighted by atomic mass is 11.8. The molecule has 19 heavy (non-hydrogen) atoms. The van der Waals surface area contributed by atoms with Crippen molar-refractivity contribution in [1.82, 2.24) is 0 Å². The van der Waals surface area contributed by atoms with E-state index in [0.717, 1.165) is 0 Å². The van der Waals surface area contributed by atoms with Gasteiger partial charge in [-0.1, -0.05) is 12.2 Å². The van der Waals surface area contributed by atoms with Gasteiger partial charge in [0.05, 0.1) is 7.11 Å². The molecule has 0 spiro atoms. The van der Waals surface area contributed by atoms with Gasteiger partial charge in [0.2, 0.25) is 5.69 Å². The molecule has 0 radical (unpaired) electrons. The van der Waals surface area contributed by atoms with Gasteiger partial charge in [-0.25, -0.2) is 0 Å². The van der Waals surface area contributed by atoms with Crippen LogP contribution in [0.4, 0.5) is 0 Å². The highest BCUT2D eigenvalue weighted by Gasteiger charge is 2.02. The molecule has 0 amide bonds. The van der Waals surface area contributed by atoms with Gasteiger partial charge < -0.3 is 24.5 Å². The first-order valence-corrected chi connectivity index (χ1v) is 11.9. The SMILES string of the molecule is CO[P+](=O)O.O=[P+](O)O.OP(O)(=S)S.OP(O)(O)=S. The van der Waals surface area contributed by atoms with Crippen molar-refractivity contribution >= 4 is 64.8 Å². The first kappa shape index (κ1) is 28.6. The Bertz CT molecular complexity index is 290. The normalized spacial score (nSPS) is 10.5. The summed E-state index contributed by atoms with van der Waals surface area (Å²) in [5.74, 6) is 0. The Morgan fingerprint density at radius 1 is 1.00 bits per heavy atom. The first-order valence-electron chi connectivity index (χ1n) is 3.12. The molecule has 0 saturated carbocycles. The molecule has 8 N–H and O–H groups in total. The van der Waals surface area contributed by atoms with Gasteiger partial charge in [-0.15, -0.1) is 19.2 Å². The van der Waals surface area contributed by atoms with Crippen LogP contribution in [0.1, 0.15) is 0 Å².